The molecule has 2 bridgehead atoms. The number of piperidine rings is 1. The Morgan fingerprint density at radius 3 is 3.05 bits per heavy atom. The molecule has 3 aliphatic heterocycles. The fourth-order valence-electron chi connectivity index (χ4n) is 3.34. The summed E-state index contributed by atoms with van der Waals surface area (Å²) in [5.41, 5.74) is -0.139. The minimum Gasteiger partial charge on any atom is -0.455 e. The third kappa shape index (κ3) is 1.96. The molecule has 1 aromatic heterocycles. The average Bonchev–Trinajstić information content (AvgIpc) is 3.09. The number of fused-ring (bicyclic) bond motifs is 3. The van der Waals surface area contributed by atoms with E-state index < -0.39 is 0 Å². The van der Waals surface area contributed by atoms with Crippen LogP contribution in [0.2, 0.25) is 10.0 Å². The third-order valence-corrected chi connectivity index (χ3v) is 4.83. The summed E-state index contributed by atoms with van der Waals surface area (Å²) >= 11 is 11.9. The Morgan fingerprint density at radius 2 is 2.35 bits per heavy atom. The van der Waals surface area contributed by atoms with Crippen LogP contribution in [-0.2, 0) is 4.74 Å². The van der Waals surface area contributed by atoms with Crippen LogP contribution >= 0.6 is 23.2 Å². The van der Waals surface area contributed by atoms with Gasteiger partial charge in [0.25, 0.3) is 6.02 Å². The van der Waals surface area contributed by atoms with Crippen molar-refractivity contribution in [2.45, 2.75) is 12.0 Å². The summed E-state index contributed by atoms with van der Waals surface area (Å²) in [6, 6.07) is 2.16. The van der Waals surface area contributed by atoms with Gasteiger partial charge in [0.2, 0.25) is 0 Å². The molecule has 0 amide bonds. The van der Waals surface area contributed by atoms with Gasteiger partial charge in [-0.15, -0.1) is 0 Å². The van der Waals surface area contributed by atoms with Gasteiger partial charge in [-0.1, -0.05) is 23.2 Å². The molecule has 4 heterocycles. The number of anilines is 1. The first-order valence-electron chi connectivity index (χ1n) is 6.68. The molecule has 3 aliphatic rings. The van der Waals surface area contributed by atoms with E-state index in [1.807, 2.05) is 0 Å². The molecule has 0 saturated carbocycles. The van der Waals surface area contributed by atoms with E-state index in [0.717, 1.165) is 13.1 Å². The third-order valence-electron chi connectivity index (χ3n) is 4.33. The molecule has 106 valence electrons. The zero-order valence-electron chi connectivity index (χ0n) is 10.8. The molecular formula is C13H14Cl2N4O. The topological polar surface area (TPSA) is 49.8 Å². The molecular weight excluding hydrogens is 299 g/mol. The number of nitrogens with one attached hydrogen (secondary N) is 1. The van der Waals surface area contributed by atoms with Gasteiger partial charge in [-0.05, 0) is 19.0 Å². The minimum atomic E-state index is -0.139. The molecule has 20 heavy (non-hydrogen) atoms. The zero-order chi connectivity index (χ0) is 13.7. The number of halogens is 2. The minimum absolute atomic E-state index is 0.139. The summed E-state index contributed by atoms with van der Waals surface area (Å²) in [5, 5.41) is 4.02. The summed E-state index contributed by atoms with van der Waals surface area (Å²) in [5.74, 6) is 1.11. The summed E-state index contributed by atoms with van der Waals surface area (Å²) in [6.45, 7) is 3.99. The van der Waals surface area contributed by atoms with Crippen molar-refractivity contribution in [1.82, 2.24) is 9.88 Å². The van der Waals surface area contributed by atoms with Gasteiger partial charge in [-0.3, -0.25) is 10.2 Å². The van der Waals surface area contributed by atoms with Crippen molar-refractivity contribution in [3.8, 4) is 0 Å². The highest BCUT2D eigenvalue weighted by atomic mass is 35.5. The molecule has 5 nitrogen and oxygen atoms in total. The first-order chi connectivity index (χ1) is 9.64. The van der Waals surface area contributed by atoms with Crippen molar-refractivity contribution in [3.63, 3.8) is 0 Å². The number of amidine groups is 1. The molecule has 2 saturated heterocycles. The summed E-state index contributed by atoms with van der Waals surface area (Å²) in [7, 11) is 0. The van der Waals surface area contributed by atoms with Crippen LogP contribution in [0.4, 0.5) is 5.82 Å². The molecule has 0 aliphatic carbocycles. The van der Waals surface area contributed by atoms with Crippen molar-refractivity contribution < 1.29 is 4.74 Å². The lowest BCUT2D eigenvalue weighted by molar-refractivity contribution is 0.0364. The van der Waals surface area contributed by atoms with Gasteiger partial charge >= 0.3 is 0 Å². The monoisotopic (exact) mass is 312 g/mol. The molecule has 0 unspecified atom stereocenters. The molecule has 0 aromatic carbocycles. The van der Waals surface area contributed by atoms with Crippen molar-refractivity contribution in [2.24, 2.45) is 10.9 Å². The molecule has 1 N–H and O–H groups in total. The number of aliphatic imine (C=N–C) groups is 1. The van der Waals surface area contributed by atoms with Crippen molar-refractivity contribution in [2.75, 3.05) is 31.5 Å². The van der Waals surface area contributed by atoms with Crippen molar-refractivity contribution in [3.05, 3.63) is 22.3 Å². The van der Waals surface area contributed by atoms with Crippen LogP contribution in [0.5, 0.6) is 0 Å². The molecule has 2 fully saturated rings. The maximum absolute atomic E-state index is 6.10. The molecule has 4 rings (SSSR count). The Hall–Kier alpha value is -1.04. The van der Waals surface area contributed by atoms with Gasteiger partial charge < -0.3 is 4.74 Å². The number of pyridine rings is 1. The van der Waals surface area contributed by atoms with Gasteiger partial charge in [0.15, 0.2) is 5.82 Å². The van der Waals surface area contributed by atoms with Crippen molar-refractivity contribution >= 4 is 35.0 Å². The highest BCUT2D eigenvalue weighted by Gasteiger charge is 2.54. The van der Waals surface area contributed by atoms with Gasteiger partial charge in [0.05, 0.1) is 16.6 Å². The van der Waals surface area contributed by atoms with E-state index in [-0.39, 0.29) is 5.60 Å². The largest absolute Gasteiger partial charge is 0.455 e. The molecule has 3 atom stereocenters. The second-order valence-electron chi connectivity index (χ2n) is 5.62. The van der Waals surface area contributed by atoms with Gasteiger partial charge in [-0.25, -0.2) is 9.98 Å². The Morgan fingerprint density at radius 1 is 1.45 bits per heavy atom. The Balaban J connectivity index is 1.49. The highest BCUT2D eigenvalue weighted by molar-refractivity contribution is 6.36. The SMILES string of the molecule is Clc1cnc(NC2=NC[C@@]3(C[N@@]4CC[C@@H]3C4)O2)c(Cl)c1. The van der Waals surface area contributed by atoms with Gasteiger partial charge in [-0.2, -0.15) is 0 Å². The number of ether oxygens (including phenoxy) is 1. The Kier molecular flexibility index (Phi) is 2.84. The number of hydrogen-bond acceptors (Lipinski definition) is 5. The standard InChI is InChI=1S/C13H14Cl2N4O/c14-9-3-10(15)11(16-4-9)18-12-17-6-13(20-12)7-19-2-1-8(13)5-19/h3-4,8H,1-2,5-7H2,(H,16,17,18)/t8-,13+/m1/s1. The summed E-state index contributed by atoms with van der Waals surface area (Å²) in [6.07, 6.45) is 2.74. The first-order valence-corrected chi connectivity index (χ1v) is 7.44. The van der Waals surface area contributed by atoms with Crippen LogP contribution < -0.4 is 5.32 Å². The average molecular weight is 313 g/mol. The van der Waals surface area contributed by atoms with Crippen LogP contribution in [0.25, 0.3) is 0 Å². The zero-order valence-corrected chi connectivity index (χ0v) is 12.3. The predicted octanol–water partition coefficient (Wildman–Crippen LogP) is 2.26. The normalized spacial score (nSPS) is 34.4. The van der Waals surface area contributed by atoms with Gasteiger partial charge in [0, 0.05) is 25.2 Å². The number of aromatic nitrogens is 1. The highest BCUT2D eigenvalue weighted by Crippen LogP contribution is 2.41. The first kappa shape index (κ1) is 12.7. The van der Waals surface area contributed by atoms with E-state index in [1.54, 1.807) is 12.3 Å². The quantitative estimate of drug-likeness (QED) is 0.864. The fourth-order valence-corrected chi connectivity index (χ4v) is 3.77. The molecule has 1 spiro atoms. The Bertz CT molecular complexity index is 594. The van der Waals surface area contributed by atoms with Crippen molar-refractivity contribution in [1.29, 1.82) is 0 Å². The second kappa shape index (κ2) is 4.48. The van der Waals surface area contributed by atoms with Crippen LogP contribution in [0.1, 0.15) is 6.42 Å². The molecule has 7 heteroatoms. The van der Waals surface area contributed by atoms with E-state index in [1.165, 1.54) is 13.0 Å². The van der Waals surface area contributed by atoms with Crippen LogP contribution in [0.3, 0.4) is 0 Å². The van der Waals surface area contributed by atoms with Crippen LogP contribution in [0, 0.1) is 5.92 Å². The lowest BCUT2D eigenvalue weighted by atomic mass is 9.88. The molecule has 1 aromatic rings. The fraction of sp³-hybridized carbons (Fsp3) is 0.538. The van der Waals surface area contributed by atoms with Crippen LogP contribution in [0.15, 0.2) is 17.3 Å². The summed E-state index contributed by atoms with van der Waals surface area (Å²) in [4.78, 5) is 11.1. The van der Waals surface area contributed by atoms with E-state index in [0.29, 0.717) is 34.3 Å². The number of nitrogens with zero attached hydrogens (tertiary/aromatic N) is 3. The number of rotatable bonds is 1. The van der Waals surface area contributed by atoms with E-state index in [4.69, 9.17) is 27.9 Å². The smallest absolute Gasteiger partial charge is 0.291 e. The predicted molar refractivity (Wildman–Crippen MR) is 78.5 cm³/mol. The lowest BCUT2D eigenvalue weighted by Gasteiger charge is -2.32. The maximum Gasteiger partial charge on any atom is 0.291 e. The number of hydrogen-bond donors (Lipinski definition) is 1. The second-order valence-corrected chi connectivity index (χ2v) is 6.46. The van der Waals surface area contributed by atoms with Crippen LogP contribution in [-0.4, -0.2) is 47.7 Å². The van der Waals surface area contributed by atoms with E-state index in [9.17, 15) is 0 Å². The maximum atomic E-state index is 6.10. The Labute approximate surface area is 126 Å². The molecule has 0 radical (unpaired) electrons. The van der Waals surface area contributed by atoms with E-state index >= 15 is 0 Å². The van der Waals surface area contributed by atoms with Gasteiger partial charge in [0.1, 0.15) is 5.60 Å². The lowest BCUT2D eigenvalue weighted by Crippen LogP contribution is -2.46. The van der Waals surface area contributed by atoms with E-state index in [2.05, 4.69) is 20.2 Å². The summed E-state index contributed by atoms with van der Waals surface area (Å²) < 4.78 is 6.10.